The zero-order valence-corrected chi connectivity index (χ0v) is 20.0. The molecule has 32 heavy (non-hydrogen) atoms. The second-order valence-corrected chi connectivity index (χ2v) is 11.2. The summed E-state index contributed by atoms with van der Waals surface area (Å²) in [5.41, 5.74) is 8.43. The summed E-state index contributed by atoms with van der Waals surface area (Å²) in [5, 5.41) is 0. The fourth-order valence-electron chi connectivity index (χ4n) is 5.30. The standard InChI is InChI=1S/C28H28N2S2/c1-3-7-19-15-17-29-27(21(19)9-5-1)25-13-11-23(31-25)24-12-14-26(32-24)28-22-10-6-2-4-8-20(22)16-18-30-28/h11-18H,1-10H2. The molecule has 0 unspecified atom stereocenters. The average Bonchev–Trinajstić information content (AvgIpc) is 3.36. The maximum atomic E-state index is 4.82. The number of thiophene rings is 2. The monoisotopic (exact) mass is 456 g/mol. The van der Waals surface area contributed by atoms with Crippen LogP contribution >= 0.6 is 22.7 Å². The van der Waals surface area contributed by atoms with Crippen LogP contribution in [0.5, 0.6) is 0 Å². The Morgan fingerprint density at radius 1 is 0.469 bits per heavy atom. The van der Waals surface area contributed by atoms with Gasteiger partial charge in [-0.2, -0.15) is 0 Å². The molecule has 4 aromatic rings. The number of rotatable bonds is 3. The minimum absolute atomic E-state index is 1.17. The third-order valence-electron chi connectivity index (χ3n) is 6.97. The van der Waals surface area contributed by atoms with Gasteiger partial charge in [0.1, 0.15) is 0 Å². The molecule has 0 fully saturated rings. The van der Waals surface area contributed by atoms with Crippen molar-refractivity contribution in [3.8, 4) is 30.9 Å². The lowest BCUT2D eigenvalue weighted by atomic mass is 10.0. The Hall–Kier alpha value is -2.30. The van der Waals surface area contributed by atoms with Gasteiger partial charge in [-0.1, -0.05) is 12.8 Å². The summed E-state index contributed by atoms with van der Waals surface area (Å²) in [7, 11) is 0. The highest BCUT2D eigenvalue weighted by molar-refractivity contribution is 7.25. The van der Waals surface area contributed by atoms with Crippen molar-refractivity contribution in [2.75, 3.05) is 0 Å². The van der Waals surface area contributed by atoms with Gasteiger partial charge in [-0.25, -0.2) is 0 Å². The first-order chi connectivity index (χ1) is 15.9. The van der Waals surface area contributed by atoms with E-state index in [-0.39, 0.29) is 0 Å². The Balaban J connectivity index is 1.33. The van der Waals surface area contributed by atoms with Crippen molar-refractivity contribution in [2.24, 2.45) is 0 Å². The third kappa shape index (κ3) is 3.84. The number of fused-ring (bicyclic) bond motifs is 2. The van der Waals surface area contributed by atoms with Crippen LogP contribution in [0, 0.1) is 0 Å². The molecule has 0 saturated carbocycles. The highest BCUT2D eigenvalue weighted by Crippen LogP contribution is 2.42. The fraction of sp³-hybridized carbons (Fsp3) is 0.357. The van der Waals surface area contributed by atoms with Crippen LogP contribution in [0.15, 0.2) is 48.8 Å². The molecule has 0 N–H and O–H groups in total. The molecule has 0 saturated heterocycles. The van der Waals surface area contributed by atoms with Crippen molar-refractivity contribution in [3.63, 3.8) is 0 Å². The van der Waals surface area contributed by atoms with E-state index in [4.69, 9.17) is 9.97 Å². The van der Waals surface area contributed by atoms with Crippen molar-refractivity contribution in [1.82, 2.24) is 9.97 Å². The van der Waals surface area contributed by atoms with Crippen molar-refractivity contribution in [2.45, 2.75) is 64.2 Å². The summed E-state index contributed by atoms with van der Waals surface area (Å²) in [6, 6.07) is 13.6. The number of pyridine rings is 2. The van der Waals surface area contributed by atoms with E-state index in [1.54, 1.807) is 0 Å². The van der Waals surface area contributed by atoms with E-state index in [0.29, 0.717) is 0 Å². The lowest BCUT2D eigenvalue weighted by Gasteiger charge is -2.10. The second-order valence-electron chi connectivity index (χ2n) is 9.04. The van der Waals surface area contributed by atoms with Crippen LogP contribution in [-0.2, 0) is 25.7 Å². The quantitative estimate of drug-likeness (QED) is 0.291. The smallest absolute Gasteiger partial charge is 0.0836 e. The van der Waals surface area contributed by atoms with E-state index in [0.717, 1.165) is 0 Å². The van der Waals surface area contributed by atoms with Gasteiger partial charge in [0.2, 0.25) is 0 Å². The van der Waals surface area contributed by atoms with Gasteiger partial charge in [0.25, 0.3) is 0 Å². The number of nitrogens with zero attached hydrogens (tertiary/aromatic N) is 2. The van der Waals surface area contributed by atoms with Crippen molar-refractivity contribution < 1.29 is 0 Å². The van der Waals surface area contributed by atoms with Gasteiger partial charge in [-0.15, -0.1) is 22.7 Å². The number of aryl methyl sites for hydroxylation is 2. The summed E-state index contributed by atoms with van der Waals surface area (Å²) in [6.45, 7) is 0. The van der Waals surface area contributed by atoms with Gasteiger partial charge in [0, 0.05) is 22.1 Å². The molecule has 0 radical (unpaired) electrons. The highest BCUT2D eigenvalue weighted by Gasteiger charge is 2.18. The molecule has 0 amide bonds. The summed E-state index contributed by atoms with van der Waals surface area (Å²) >= 11 is 3.77. The molecule has 0 atom stereocenters. The normalized spacial score (nSPS) is 16.1. The minimum atomic E-state index is 1.17. The van der Waals surface area contributed by atoms with E-state index in [1.807, 2.05) is 35.1 Å². The average molecular weight is 457 g/mol. The summed E-state index contributed by atoms with van der Waals surface area (Å²) < 4.78 is 0. The molecule has 2 nitrogen and oxygen atoms in total. The molecular weight excluding hydrogens is 428 g/mol. The maximum Gasteiger partial charge on any atom is 0.0836 e. The van der Waals surface area contributed by atoms with Crippen LogP contribution in [0.4, 0.5) is 0 Å². The van der Waals surface area contributed by atoms with Crippen LogP contribution < -0.4 is 0 Å². The first-order valence-electron chi connectivity index (χ1n) is 12.0. The van der Waals surface area contributed by atoms with Crippen molar-refractivity contribution >= 4 is 22.7 Å². The Kier molecular flexibility index (Phi) is 5.66. The molecule has 0 spiro atoms. The lowest BCUT2D eigenvalue weighted by Crippen LogP contribution is -1.96. The van der Waals surface area contributed by atoms with Crippen LogP contribution in [0.1, 0.15) is 60.8 Å². The second kappa shape index (κ2) is 8.92. The maximum absolute atomic E-state index is 4.82. The zero-order chi connectivity index (χ0) is 21.3. The number of aromatic nitrogens is 2. The molecule has 0 bridgehead atoms. The van der Waals surface area contributed by atoms with E-state index in [2.05, 4.69) is 36.4 Å². The fourth-order valence-corrected chi connectivity index (χ4v) is 7.45. The zero-order valence-electron chi connectivity index (χ0n) is 18.4. The van der Waals surface area contributed by atoms with Crippen molar-refractivity contribution in [3.05, 3.63) is 71.0 Å². The summed E-state index contributed by atoms with van der Waals surface area (Å²) in [6.07, 6.45) is 16.6. The first-order valence-corrected chi connectivity index (χ1v) is 13.6. The van der Waals surface area contributed by atoms with Crippen LogP contribution in [-0.4, -0.2) is 9.97 Å². The van der Waals surface area contributed by atoms with Crippen LogP contribution in [0.2, 0.25) is 0 Å². The molecule has 0 aliphatic heterocycles. The highest BCUT2D eigenvalue weighted by atomic mass is 32.1. The topological polar surface area (TPSA) is 25.8 Å². The Bertz CT molecular complexity index is 1150. The molecule has 4 heterocycles. The van der Waals surface area contributed by atoms with Crippen LogP contribution in [0.3, 0.4) is 0 Å². The summed E-state index contributed by atoms with van der Waals surface area (Å²) in [4.78, 5) is 14.9. The molecule has 4 aromatic heterocycles. The van der Waals surface area contributed by atoms with Crippen LogP contribution in [0.25, 0.3) is 30.9 Å². The molecular formula is C28H28N2S2. The Morgan fingerprint density at radius 2 is 0.906 bits per heavy atom. The van der Waals surface area contributed by atoms with E-state index in [9.17, 15) is 0 Å². The van der Waals surface area contributed by atoms with Gasteiger partial charge in [0.05, 0.1) is 21.1 Å². The summed E-state index contributed by atoms with van der Waals surface area (Å²) in [5.74, 6) is 0. The third-order valence-corrected chi connectivity index (χ3v) is 9.35. The minimum Gasteiger partial charge on any atom is -0.255 e. The molecule has 0 aromatic carbocycles. The Morgan fingerprint density at radius 3 is 1.41 bits per heavy atom. The predicted molar refractivity (Wildman–Crippen MR) is 137 cm³/mol. The molecule has 2 aliphatic rings. The lowest BCUT2D eigenvalue weighted by molar-refractivity contribution is 0.712. The van der Waals surface area contributed by atoms with Gasteiger partial charge < -0.3 is 0 Å². The van der Waals surface area contributed by atoms with E-state index < -0.39 is 0 Å². The molecule has 162 valence electrons. The van der Waals surface area contributed by atoms with Gasteiger partial charge in [-0.3, -0.25) is 9.97 Å². The molecule has 6 rings (SSSR count). The molecule has 4 heteroatoms. The van der Waals surface area contributed by atoms with E-state index >= 15 is 0 Å². The SMILES string of the molecule is c1cc2c(c(-c3ccc(-c4ccc(-c5nccc6c5CCCCC6)s4)s3)n1)CCCCC2. The first kappa shape index (κ1) is 20.3. The van der Waals surface area contributed by atoms with Gasteiger partial charge >= 0.3 is 0 Å². The largest absolute Gasteiger partial charge is 0.255 e. The number of hydrogen-bond donors (Lipinski definition) is 0. The number of hydrogen-bond acceptors (Lipinski definition) is 4. The van der Waals surface area contributed by atoms with Crippen molar-refractivity contribution in [1.29, 1.82) is 0 Å². The molecule has 2 aliphatic carbocycles. The van der Waals surface area contributed by atoms with Gasteiger partial charge in [-0.05, 0) is 110 Å². The van der Waals surface area contributed by atoms with E-state index in [1.165, 1.54) is 117 Å². The van der Waals surface area contributed by atoms with Gasteiger partial charge in [0.15, 0.2) is 0 Å². The Labute approximate surface area is 198 Å². The predicted octanol–water partition coefficient (Wildman–Crippen LogP) is 8.14.